The lowest BCUT2D eigenvalue weighted by Crippen LogP contribution is -2.03. The number of hydrogen-bond acceptors (Lipinski definition) is 7. The third kappa shape index (κ3) is 3.55. The number of nitrogens with zero attached hydrogens (tertiary/aromatic N) is 3. The molecule has 4 rings (SSSR count). The van der Waals surface area contributed by atoms with Crippen molar-refractivity contribution in [1.82, 2.24) is 19.7 Å². The van der Waals surface area contributed by atoms with Crippen molar-refractivity contribution in [3.05, 3.63) is 53.8 Å². The zero-order valence-electron chi connectivity index (χ0n) is 15.2. The highest BCUT2D eigenvalue weighted by molar-refractivity contribution is 7.91. The maximum absolute atomic E-state index is 13.1. The average Bonchev–Trinajstić information content (AvgIpc) is 3.33. The van der Waals surface area contributed by atoms with Crippen LogP contribution in [0.1, 0.15) is 0 Å². The quantitative estimate of drug-likeness (QED) is 0.444. The Kier molecular flexibility index (Phi) is 4.84. The van der Waals surface area contributed by atoms with Crippen molar-refractivity contribution in [2.45, 2.75) is 9.79 Å². The molecular weight excluding hydrogens is 436 g/mol. The molecule has 0 atom stereocenters. The van der Waals surface area contributed by atoms with E-state index < -0.39 is 16.0 Å². The van der Waals surface area contributed by atoms with E-state index in [1.54, 1.807) is 12.1 Å². The second kappa shape index (κ2) is 7.35. The average molecular weight is 449 g/mol. The smallest absolute Gasteiger partial charge is 0.497 e. The van der Waals surface area contributed by atoms with Gasteiger partial charge in [-0.25, -0.2) is 22.9 Å². The largest absolute Gasteiger partial charge is 0.511 e. The van der Waals surface area contributed by atoms with Crippen LogP contribution in [0.5, 0.6) is 11.5 Å². The van der Waals surface area contributed by atoms with Crippen LogP contribution in [-0.4, -0.2) is 46.5 Å². The van der Waals surface area contributed by atoms with Crippen molar-refractivity contribution in [3.63, 3.8) is 0 Å². The van der Waals surface area contributed by atoms with E-state index in [4.69, 9.17) is 21.4 Å². The van der Waals surface area contributed by atoms with Crippen molar-refractivity contribution in [3.8, 4) is 17.4 Å². The van der Waals surface area contributed by atoms with Crippen LogP contribution in [0, 0.1) is 0 Å². The van der Waals surface area contributed by atoms with Crippen molar-refractivity contribution in [1.29, 1.82) is 0 Å². The Balaban J connectivity index is 1.77. The standard InChI is InChI=1S/C18H13ClN4O6S/c1-28-10-3-2-4-12(5-10)30(26,27)16-7-15-14(6-13(16)19)21-17(22-15)23-9-11(8-20-23)29-18(24)25/h2-9H,1H3,(H,21,22)(H,24,25). The summed E-state index contributed by atoms with van der Waals surface area (Å²) in [5.74, 6) is 0.618. The minimum atomic E-state index is -3.93. The molecule has 0 saturated carbocycles. The maximum Gasteiger partial charge on any atom is 0.511 e. The SMILES string of the molecule is COc1cccc(S(=O)(=O)c2cc3nc(-n4cc(OC(=O)O)cn4)[nH]c3cc2Cl)c1. The number of aromatic nitrogens is 4. The fourth-order valence-electron chi connectivity index (χ4n) is 2.78. The fraction of sp³-hybridized carbons (Fsp3) is 0.0556. The Morgan fingerprint density at radius 2 is 2.03 bits per heavy atom. The van der Waals surface area contributed by atoms with Gasteiger partial charge in [-0.1, -0.05) is 17.7 Å². The van der Waals surface area contributed by atoms with E-state index in [1.807, 2.05) is 0 Å². The molecule has 0 aliphatic carbocycles. The molecular formula is C18H13ClN4O6S. The fourth-order valence-corrected chi connectivity index (χ4v) is 4.62. The summed E-state index contributed by atoms with van der Waals surface area (Å²) in [5, 5.41) is 12.6. The zero-order valence-corrected chi connectivity index (χ0v) is 16.8. The lowest BCUT2D eigenvalue weighted by molar-refractivity contribution is 0.144. The van der Waals surface area contributed by atoms with Crippen LogP contribution in [0.4, 0.5) is 4.79 Å². The van der Waals surface area contributed by atoms with Crippen LogP contribution in [0.2, 0.25) is 5.02 Å². The van der Waals surface area contributed by atoms with Gasteiger partial charge in [-0.15, -0.1) is 0 Å². The number of H-pyrrole nitrogens is 1. The van der Waals surface area contributed by atoms with Crippen LogP contribution in [0.3, 0.4) is 0 Å². The lowest BCUT2D eigenvalue weighted by atomic mass is 10.3. The molecule has 2 heterocycles. The van der Waals surface area contributed by atoms with Crippen LogP contribution in [0.15, 0.2) is 58.6 Å². The van der Waals surface area contributed by atoms with Gasteiger partial charge < -0.3 is 19.6 Å². The number of rotatable bonds is 5. The van der Waals surface area contributed by atoms with Crippen LogP contribution in [0.25, 0.3) is 17.0 Å². The summed E-state index contributed by atoms with van der Waals surface area (Å²) in [6, 6.07) is 8.85. The summed E-state index contributed by atoms with van der Waals surface area (Å²) in [6.45, 7) is 0. The van der Waals surface area contributed by atoms with Crippen molar-refractivity contribution in [2.75, 3.05) is 7.11 Å². The van der Waals surface area contributed by atoms with Gasteiger partial charge in [0, 0.05) is 0 Å². The van der Waals surface area contributed by atoms with E-state index >= 15 is 0 Å². The number of imidazole rings is 1. The predicted molar refractivity (Wildman–Crippen MR) is 105 cm³/mol. The van der Waals surface area contributed by atoms with Gasteiger partial charge in [0.25, 0.3) is 0 Å². The Hall–Kier alpha value is -3.57. The molecule has 0 spiro atoms. The number of carboxylic acid groups (broad SMARTS) is 1. The van der Waals surface area contributed by atoms with E-state index in [0.29, 0.717) is 16.8 Å². The second-order valence-corrected chi connectivity index (χ2v) is 8.36. The van der Waals surface area contributed by atoms with E-state index in [1.165, 1.54) is 48.5 Å². The second-order valence-electron chi connectivity index (χ2n) is 6.03. The monoisotopic (exact) mass is 448 g/mol. The number of nitrogens with one attached hydrogen (secondary N) is 1. The van der Waals surface area contributed by atoms with E-state index in [-0.39, 0.29) is 26.5 Å². The molecule has 4 aromatic rings. The first kappa shape index (κ1) is 19.7. The van der Waals surface area contributed by atoms with Gasteiger partial charge in [0.2, 0.25) is 15.8 Å². The van der Waals surface area contributed by atoms with Gasteiger partial charge in [0.1, 0.15) is 5.75 Å². The first-order valence-corrected chi connectivity index (χ1v) is 10.2. The molecule has 0 radical (unpaired) electrons. The number of halogens is 1. The highest BCUT2D eigenvalue weighted by atomic mass is 35.5. The third-order valence-corrected chi connectivity index (χ3v) is 6.36. The first-order chi connectivity index (χ1) is 14.3. The molecule has 12 heteroatoms. The van der Waals surface area contributed by atoms with E-state index in [0.717, 1.165) is 0 Å². The van der Waals surface area contributed by atoms with Crippen molar-refractivity contribution in [2.24, 2.45) is 0 Å². The molecule has 0 aliphatic rings. The Bertz CT molecular complexity index is 1380. The maximum atomic E-state index is 13.1. The number of hydrogen-bond donors (Lipinski definition) is 2. The van der Waals surface area contributed by atoms with Crippen molar-refractivity contribution >= 4 is 38.6 Å². The summed E-state index contributed by atoms with van der Waals surface area (Å²) in [6.07, 6.45) is 1.03. The van der Waals surface area contributed by atoms with Gasteiger partial charge in [0.05, 0.1) is 45.4 Å². The van der Waals surface area contributed by atoms with Crippen LogP contribution < -0.4 is 9.47 Å². The molecule has 0 aliphatic heterocycles. The number of ether oxygens (including phenoxy) is 2. The molecule has 2 aromatic heterocycles. The summed E-state index contributed by atoms with van der Waals surface area (Å²) in [5.41, 5.74) is 0.794. The molecule has 30 heavy (non-hydrogen) atoms. The van der Waals surface area contributed by atoms with Gasteiger partial charge in [0.15, 0.2) is 5.75 Å². The number of fused-ring (bicyclic) bond motifs is 1. The predicted octanol–water partition coefficient (Wildman–Crippen LogP) is 3.30. The minimum absolute atomic E-state index is 0.00211. The third-order valence-electron chi connectivity index (χ3n) is 4.15. The molecule has 0 unspecified atom stereocenters. The molecule has 2 aromatic carbocycles. The normalized spacial score (nSPS) is 11.5. The van der Waals surface area contributed by atoms with Crippen LogP contribution >= 0.6 is 11.6 Å². The zero-order chi connectivity index (χ0) is 21.5. The Labute approximate surface area is 174 Å². The number of carbonyl (C=O) groups is 1. The highest BCUT2D eigenvalue weighted by Crippen LogP contribution is 2.32. The topological polar surface area (TPSA) is 136 Å². The Morgan fingerprint density at radius 1 is 1.23 bits per heavy atom. The van der Waals surface area contributed by atoms with Crippen molar-refractivity contribution < 1.29 is 27.8 Å². The van der Waals surface area contributed by atoms with Gasteiger partial charge in [-0.2, -0.15) is 5.10 Å². The molecule has 154 valence electrons. The number of sulfone groups is 1. The van der Waals surface area contributed by atoms with E-state index in [9.17, 15) is 13.2 Å². The molecule has 2 N–H and O–H groups in total. The summed E-state index contributed by atoms with van der Waals surface area (Å²) in [7, 11) is -2.49. The molecule has 0 amide bonds. The molecule has 0 fully saturated rings. The lowest BCUT2D eigenvalue weighted by Gasteiger charge is -2.08. The molecule has 0 bridgehead atoms. The molecule has 10 nitrogen and oxygen atoms in total. The summed E-state index contributed by atoms with van der Waals surface area (Å²) >= 11 is 6.26. The van der Waals surface area contributed by atoms with Gasteiger partial charge >= 0.3 is 6.16 Å². The van der Waals surface area contributed by atoms with Gasteiger partial charge in [-0.3, -0.25) is 0 Å². The summed E-state index contributed by atoms with van der Waals surface area (Å²) < 4.78 is 37.0. The number of methoxy groups -OCH3 is 1. The van der Waals surface area contributed by atoms with E-state index in [2.05, 4.69) is 19.8 Å². The number of benzene rings is 2. The first-order valence-electron chi connectivity index (χ1n) is 8.32. The highest BCUT2D eigenvalue weighted by Gasteiger charge is 2.23. The number of aromatic amines is 1. The summed E-state index contributed by atoms with van der Waals surface area (Å²) in [4.78, 5) is 17.8. The van der Waals surface area contributed by atoms with Gasteiger partial charge in [-0.05, 0) is 30.3 Å². The van der Waals surface area contributed by atoms with Crippen LogP contribution in [-0.2, 0) is 9.84 Å². The Morgan fingerprint density at radius 3 is 2.77 bits per heavy atom. The minimum Gasteiger partial charge on any atom is -0.497 e. The molecule has 0 saturated heterocycles.